The molecule has 0 atom stereocenters. The number of nitrogens with one attached hydrogen (secondary N) is 1. The minimum Gasteiger partial charge on any atom is -0.287 e. The van der Waals surface area contributed by atoms with Gasteiger partial charge in [0.05, 0.1) is 11.5 Å². The molecule has 1 aromatic rings. The first-order chi connectivity index (χ1) is 7.81. The van der Waals surface area contributed by atoms with Crippen LogP contribution in [0.2, 0.25) is 10.0 Å². The van der Waals surface area contributed by atoms with Crippen LogP contribution in [0.4, 0.5) is 0 Å². The molecule has 0 fully saturated rings. The van der Waals surface area contributed by atoms with Gasteiger partial charge >= 0.3 is 0 Å². The van der Waals surface area contributed by atoms with Gasteiger partial charge in [-0.05, 0) is 24.1 Å². The maximum absolute atomic E-state index is 11.8. The largest absolute Gasteiger partial charge is 0.287 e. The van der Waals surface area contributed by atoms with Crippen LogP contribution in [-0.4, -0.2) is 15.0 Å². The zero-order chi connectivity index (χ0) is 13.1. The Kier molecular flexibility index (Phi) is 5.22. The predicted octanol–water partition coefficient (Wildman–Crippen LogP) is 2.86. The normalized spacial score (nSPS) is 12.1. The molecular weight excluding hydrogens is 285 g/mol. The summed E-state index contributed by atoms with van der Waals surface area (Å²) in [6, 6.07) is 4.06. The van der Waals surface area contributed by atoms with Crippen LogP contribution in [0, 0.1) is 5.92 Å². The molecule has 7 heteroatoms. The molecule has 0 heterocycles. The lowest BCUT2D eigenvalue weighted by Gasteiger charge is -2.09. The highest BCUT2D eigenvalue weighted by Crippen LogP contribution is 2.22. The topological polar surface area (TPSA) is 55.4 Å². The summed E-state index contributed by atoms with van der Waals surface area (Å²) < 4.78 is 23.5. The Bertz CT molecular complexity index is 468. The van der Waals surface area contributed by atoms with Gasteiger partial charge in [0.15, 0.2) is 0 Å². The molecule has 17 heavy (non-hydrogen) atoms. The van der Waals surface area contributed by atoms with Crippen LogP contribution in [0.5, 0.6) is 0 Å². The third-order valence-electron chi connectivity index (χ3n) is 1.73. The van der Waals surface area contributed by atoms with E-state index in [1.807, 2.05) is 18.7 Å². The van der Waals surface area contributed by atoms with E-state index in [9.17, 15) is 8.42 Å². The van der Waals surface area contributed by atoms with E-state index < -0.39 is 10.0 Å². The molecule has 0 bridgehead atoms. The van der Waals surface area contributed by atoms with Crippen LogP contribution < -0.4 is 4.89 Å². The third-order valence-corrected chi connectivity index (χ3v) is 3.36. The van der Waals surface area contributed by atoms with Crippen LogP contribution in [0.15, 0.2) is 23.1 Å². The van der Waals surface area contributed by atoms with Crippen LogP contribution in [-0.2, 0) is 14.9 Å². The highest BCUT2D eigenvalue weighted by atomic mass is 35.5. The number of benzene rings is 1. The second kappa shape index (κ2) is 6.02. The van der Waals surface area contributed by atoms with E-state index in [1.165, 1.54) is 18.2 Å². The summed E-state index contributed by atoms with van der Waals surface area (Å²) in [5, 5.41) is 0.503. The van der Waals surface area contributed by atoms with Gasteiger partial charge in [0.25, 0.3) is 10.0 Å². The van der Waals surface area contributed by atoms with Gasteiger partial charge in [0, 0.05) is 10.0 Å². The molecule has 1 rings (SSSR count). The molecule has 1 aromatic carbocycles. The van der Waals surface area contributed by atoms with E-state index >= 15 is 0 Å². The first kappa shape index (κ1) is 14.7. The maximum atomic E-state index is 11.8. The van der Waals surface area contributed by atoms with Crippen molar-refractivity contribution in [3.8, 4) is 0 Å². The van der Waals surface area contributed by atoms with E-state index in [0.717, 1.165) is 0 Å². The van der Waals surface area contributed by atoms with E-state index in [0.29, 0.717) is 0 Å². The van der Waals surface area contributed by atoms with E-state index in [2.05, 4.69) is 0 Å². The van der Waals surface area contributed by atoms with Crippen molar-refractivity contribution in [2.75, 3.05) is 6.61 Å². The molecule has 0 amide bonds. The fourth-order valence-electron chi connectivity index (χ4n) is 1.01. The van der Waals surface area contributed by atoms with Gasteiger partial charge in [-0.15, -0.1) is 0 Å². The summed E-state index contributed by atoms with van der Waals surface area (Å²) >= 11 is 11.4. The number of rotatable bonds is 5. The van der Waals surface area contributed by atoms with E-state index in [4.69, 9.17) is 28.0 Å². The van der Waals surface area contributed by atoms with Gasteiger partial charge in [-0.2, -0.15) is 0 Å². The van der Waals surface area contributed by atoms with Crippen LogP contribution >= 0.6 is 23.2 Å². The van der Waals surface area contributed by atoms with Crippen molar-refractivity contribution in [2.24, 2.45) is 5.92 Å². The average Bonchev–Trinajstić information content (AvgIpc) is 2.14. The predicted molar refractivity (Wildman–Crippen MR) is 67.6 cm³/mol. The molecule has 0 aliphatic heterocycles. The fourth-order valence-corrected chi connectivity index (χ4v) is 2.55. The molecule has 4 nitrogen and oxygen atoms in total. The quantitative estimate of drug-likeness (QED) is 0.850. The van der Waals surface area contributed by atoms with Gasteiger partial charge < -0.3 is 0 Å². The van der Waals surface area contributed by atoms with Crippen molar-refractivity contribution < 1.29 is 13.3 Å². The summed E-state index contributed by atoms with van der Waals surface area (Å²) in [6.07, 6.45) is 0. The zero-order valence-electron chi connectivity index (χ0n) is 9.41. The molecule has 1 N–H and O–H groups in total. The molecule has 0 saturated heterocycles. The van der Waals surface area contributed by atoms with Crippen molar-refractivity contribution in [3.63, 3.8) is 0 Å². The van der Waals surface area contributed by atoms with Gasteiger partial charge in [0.2, 0.25) is 0 Å². The van der Waals surface area contributed by atoms with Crippen molar-refractivity contribution in [1.82, 2.24) is 4.89 Å². The summed E-state index contributed by atoms with van der Waals surface area (Å²) in [5.41, 5.74) is 0. The number of halogens is 2. The lowest BCUT2D eigenvalue weighted by Crippen LogP contribution is -2.25. The van der Waals surface area contributed by atoms with Crippen molar-refractivity contribution in [3.05, 3.63) is 28.2 Å². The molecule has 0 radical (unpaired) electrons. The monoisotopic (exact) mass is 297 g/mol. The molecule has 96 valence electrons. The Morgan fingerprint density at radius 2 is 1.76 bits per heavy atom. The SMILES string of the molecule is CC(C)CONS(=O)(=O)c1cc(Cl)cc(Cl)c1. The zero-order valence-corrected chi connectivity index (χ0v) is 11.7. The first-order valence-corrected chi connectivity index (χ1v) is 7.15. The average molecular weight is 298 g/mol. The summed E-state index contributed by atoms with van der Waals surface area (Å²) in [6.45, 7) is 4.10. The Hall–Kier alpha value is -0.330. The molecular formula is C10H13Cl2NO3S. The van der Waals surface area contributed by atoms with E-state index in [-0.39, 0.29) is 27.5 Å². The summed E-state index contributed by atoms with van der Waals surface area (Å²) in [4.78, 5) is 6.86. The minimum absolute atomic E-state index is 0.0289. The van der Waals surface area contributed by atoms with Crippen LogP contribution in [0.1, 0.15) is 13.8 Å². The lowest BCUT2D eigenvalue weighted by atomic mass is 10.2. The third kappa shape index (κ3) is 4.81. The van der Waals surface area contributed by atoms with Crippen LogP contribution in [0.3, 0.4) is 0 Å². The molecule has 0 aliphatic carbocycles. The molecule has 0 saturated carbocycles. The van der Waals surface area contributed by atoms with Crippen molar-refractivity contribution in [1.29, 1.82) is 0 Å². The summed E-state index contributed by atoms with van der Waals surface area (Å²) in [7, 11) is -3.74. The molecule has 0 aliphatic rings. The standard InChI is InChI=1S/C10H13Cl2NO3S/c1-7(2)6-16-13-17(14,15)10-4-8(11)3-9(12)5-10/h3-5,7,13H,6H2,1-2H3. The molecule has 0 spiro atoms. The molecule has 0 unspecified atom stereocenters. The van der Waals surface area contributed by atoms with Crippen LogP contribution in [0.25, 0.3) is 0 Å². The number of hydrogen-bond donors (Lipinski definition) is 1. The second-order valence-electron chi connectivity index (χ2n) is 3.90. The second-order valence-corrected chi connectivity index (χ2v) is 6.41. The van der Waals surface area contributed by atoms with Gasteiger partial charge in [0.1, 0.15) is 0 Å². The minimum atomic E-state index is -3.74. The maximum Gasteiger partial charge on any atom is 0.262 e. The van der Waals surface area contributed by atoms with Crippen molar-refractivity contribution >= 4 is 33.2 Å². The number of hydrogen-bond acceptors (Lipinski definition) is 3. The summed E-state index contributed by atoms with van der Waals surface area (Å²) in [5.74, 6) is 0.223. The Labute approximate surface area is 111 Å². The van der Waals surface area contributed by atoms with Gasteiger partial charge in [-0.3, -0.25) is 4.84 Å². The Balaban J connectivity index is 2.82. The smallest absolute Gasteiger partial charge is 0.262 e. The lowest BCUT2D eigenvalue weighted by molar-refractivity contribution is 0.0719. The Morgan fingerprint density at radius 1 is 1.24 bits per heavy atom. The van der Waals surface area contributed by atoms with Gasteiger partial charge in [-0.25, -0.2) is 8.42 Å². The first-order valence-electron chi connectivity index (χ1n) is 4.91. The van der Waals surface area contributed by atoms with Crippen molar-refractivity contribution in [2.45, 2.75) is 18.7 Å². The van der Waals surface area contributed by atoms with E-state index in [1.54, 1.807) is 0 Å². The fraction of sp³-hybridized carbons (Fsp3) is 0.400. The number of sulfonamides is 1. The molecule has 0 aromatic heterocycles. The highest BCUT2D eigenvalue weighted by Gasteiger charge is 2.15. The van der Waals surface area contributed by atoms with Gasteiger partial charge in [-0.1, -0.05) is 41.9 Å². The highest BCUT2D eigenvalue weighted by molar-refractivity contribution is 7.89. The Morgan fingerprint density at radius 3 is 2.24 bits per heavy atom.